The number of benzene rings is 2. The van der Waals surface area contributed by atoms with E-state index in [0.717, 1.165) is 11.3 Å². The van der Waals surface area contributed by atoms with Gasteiger partial charge in [-0.3, -0.25) is 4.79 Å². The minimum Gasteiger partial charge on any atom is -0.497 e. The van der Waals surface area contributed by atoms with Crippen molar-refractivity contribution in [1.29, 1.82) is 0 Å². The fourth-order valence-electron chi connectivity index (χ4n) is 2.47. The van der Waals surface area contributed by atoms with Crippen molar-refractivity contribution >= 4 is 45.6 Å². The molecule has 2 heterocycles. The average Bonchev–Trinajstić information content (AvgIpc) is 3.15. The smallest absolute Gasteiger partial charge is 0.291 e. The first-order valence-corrected chi connectivity index (χ1v) is 9.13. The molecule has 4 rings (SSSR count). The van der Waals surface area contributed by atoms with E-state index in [4.69, 9.17) is 27.9 Å². The molecular formula is C18H11Cl2N3O2S. The molecule has 2 aromatic carbocycles. The Hall–Kier alpha value is -2.41. The van der Waals surface area contributed by atoms with Gasteiger partial charge < -0.3 is 4.74 Å². The second-order valence-electron chi connectivity index (χ2n) is 5.44. The summed E-state index contributed by atoms with van der Waals surface area (Å²) in [6.45, 7) is 0. The summed E-state index contributed by atoms with van der Waals surface area (Å²) in [7, 11) is 1.61. The van der Waals surface area contributed by atoms with Crippen molar-refractivity contribution in [2.24, 2.45) is 0 Å². The molecule has 0 atom stereocenters. The van der Waals surface area contributed by atoms with Crippen LogP contribution in [-0.4, -0.2) is 21.7 Å². The van der Waals surface area contributed by atoms with E-state index in [0.29, 0.717) is 30.9 Å². The molecule has 0 saturated heterocycles. The van der Waals surface area contributed by atoms with Crippen LogP contribution in [0.4, 0.5) is 0 Å². The van der Waals surface area contributed by atoms with Gasteiger partial charge in [0.05, 0.1) is 16.7 Å². The molecule has 0 unspecified atom stereocenters. The van der Waals surface area contributed by atoms with Gasteiger partial charge >= 0.3 is 0 Å². The summed E-state index contributed by atoms with van der Waals surface area (Å²) in [6, 6.07) is 12.5. The monoisotopic (exact) mass is 403 g/mol. The van der Waals surface area contributed by atoms with Crippen molar-refractivity contribution in [3.63, 3.8) is 0 Å². The first kappa shape index (κ1) is 17.0. The Kier molecular flexibility index (Phi) is 4.40. The Morgan fingerprint density at radius 1 is 1.15 bits per heavy atom. The molecule has 0 aliphatic carbocycles. The van der Waals surface area contributed by atoms with Crippen LogP contribution in [0.15, 0.2) is 47.3 Å². The maximum absolute atomic E-state index is 12.6. The number of methoxy groups -OCH3 is 1. The van der Waals surface area contributed by atoms with Crippen molar-refractivity contribution in [2.75, 3.05) is 7.11 Å². The van der Waals surface area contributed by atoms with Gasteiger partial charge in [-0.2, -0.15) is 9.50 Å². The van der Waals surface area contributed by atoms with Crippen LogP contribution in [0.1, 0.15) is 5.56 Å². The molecule has 0 radical (unpaired) electrons. The highest BCUT2D eigenvalue weighted by Crippen LogP contribution is 2.28. The number of aromatic nitrogens is 3. The molecule has 2 aromatic heterocycles. The summed E-state index contributed by atoms with van der Waals surface area (Å²) in [4.78, 5) is 17.5. The molecule has 4 aromatic rings. The Morgan fingerprint density at radius 2 is 1.92 bits per heavy atom. The van der Waals surface area contributed by atoms with Crippen molar-refractivity contribution in [3.05, 3.63) is 73.0 Å². The Labute approximate surface area is 162 Å². The van der Waals surface area contributed by atoms with Gasteiger partial charge in [-0.15, -0.1) is 5.10 Å². The van der Waals surface area contributed by atoms with Crippen molar-refractivity contribution in [2.45, 2.75) is 0 Å². The van der Waals surface area contributed by atoms with Crippen LogP contribution >= 0.6 is 34.5 Å². The van der Waals surface area contributed by atoms with Crippen molar-refractivity contribution < 1.29 is 4.74 Å². The fourth-order valence-corrected chi connectivity index (χ4v) is 3.87. The molecule has 8 heteroatoms. The normalized spacial score (nSPS) is 12.0. The highest BCUT2D eigenvalue weighted by atomic mass is 35.5. The van der Waals surface area contributed by atoms with Crippen LogP contribution in [0, 0.1) is 0 Å². The minimum absolute atomic E-state index is 0.218. The molecule has 130 valence electrons. The van der Waals surface area contributed by atoms with Crippen LogP contribution < -0.4 is 14.8 Å². The lowest BCUT2D eigenvalue weighted by Crippen LogP contribution is -2.23. The Balaban J connectivity index is 1.78. The van der Waals surface area contributed by atoms with Gasteiger partial charge in [0.2, 0.25) is 4.96 Å². The van der Waals surface area contributed by atoms with E-state index in [1.165, 1.54) is 15.9 Å². The number of hydrogen-bond acceptors (Lipinski definition) is 5. The van der Waals surface area contributed by atoms with Crippen molar-refractivity contribution in [1.82, 2.24) is 14.6 Å². The molecule has 0 N–H and O–H groups in total. The predicted molar refractivity (Wildman–Crippen MR) is 104 cm³/mol. The zero-order chi connectivity index (χ0) is 18.3. The van der Waals surface area contributed by atoms with E-state index < -0.39 is 0 Å². The van der Waals surface area contributed by atoms with Gasteiger partial charge in [-0.05, 0) is 42.0 Å². The lowest BCUT2D eigenvalue weighted by Gasteiger charge is -1.99. The molecule has 0 bridgehead atoms. The number of halogens is 2. The third-order valence-electron chi connectivity index (χ3n) is 3.77. The Morgan fingerprint density at radius 3 is 2.58 bits per heavy atom. The summed E-state index contributed by atoms with van der Waals surface area (Å²) < 4.78 is 6.98. The third kappa shape index (κ3) is 3.07. The molecule has 5 nitrogen and oxygen atoms in total. The van der Waals surface area contributed by atoms with Gasteiger partial charge in [0, 0.05) is 10.6 Å². The summed E-state index contributed by atoms with van der Waals surface area (Å²) in [5.74, 6) is 1.16. The lowest BCUT2D eigenvalue weighted by atomic mass is 10.2. The van der Waals surface area contributed by atoms with E-state index in [2.05, 4.69) is 10.1 Å². The second kappa shape index (κ2) is 6.72. The molecule has 0 saturated carbocycles. The van der Waals surface area contributed by atoms with Crippen molar-refractivity contribution in [3.8, 4) is 17.1 Å². The highest BCUT2D eigenvalue weighted by molar-refractivity contribution is 7.15. The highest BCUT2D eigenvalue weighted by Gasteiger charge is 2.14. The second-order valence-corrected chi connectivity index (χ2v) is 7.30. The molecular weight excluding hydrogens is 393 g/mol. The number of thiazole rings is 1. The van der Waals surface area contributed by atoms with Gasteiger partial charge in [-0.25, -0.2) is 0 Å². The number of rotatable bonds is 3. The summed E-state index contributed by atoms with van der Waals surface area (Å²) in [5, 5.41) is 5.27. The summed E-state index contributed by atoms with van der Waals surface area (Å²) in [6.07, 6.45) is 1.80. The van der Waals surface area contributed by atoms with Crippen LogP contribution in [0.3, 0.4) is 0 Å². The van der Waals surface area contributed by atoms with Gasteiger partial charge in [-0.1, -0.05) is 46.7 Å². The maximum atomic E-state index is 12.6. The van der Waals surface area contributed by atoms with E-state index in [1.807, 2.05) is 24.3 Å². The largest absolute Gasteiger partial charge is 0.497 e. The molecule has 0 aliphatic rings. The average molecular weight is 404 g/mol. The third-order valence-corrected chi connectivity index (χ3v) is 5.27. The van der Waals surface area contributed by atoms with Gasteiger partial charge in [0.15, 0.2) is 5.82 Å². The number of hydrogen-bond donors (Lipinski definition) is 0. The van der Waals surface area contributed by atoms with Gasteiger partial charge in [0.1, 0.15) is 5.75 Å². The van der Waals surface area contributed by atoms with E-state index in [1.54, 1.807) is 31.4 Å². The number of ether oxygens (including phenoxy) is 1. The molecule has 0 amide bonds. The topological polar surface area (TPSA) is 56.5 Å². The number of fused-ring (bicyclic) bond motifs is 1. The van der Waals surface area contributed by atoms with Gasteiger partial charge in [0.25, 0.3) is 5.56 Å². The lowest BCUT2D eigenvalue weighted by molar-refractivity contribution is 0.415. The van der Waals surface area contributed by atoms with E-state index in [9.17, 15) is 4.79 Å². The number of nitrogens with zero attached hydrogens (tertiary/aromatic N) is 3. The summed E-state index contributed by atoms with van der Waals surface area (Å²) in [5.41, 5.74) is 1.31. The van der Waals surface area contributed by atoms with E-state index in [-0.39, 0.29) is 5.56 Å². The van der Waals surface area contributed by atoms with Crippen LogP contribution in [-0.2, 0) is 0 Å². The quantitative estimate of drug-likeness (QED) is 0.523. The van der Waals surface area contributed by atoms with E-state index >= 15 is 0 Å². The summed E-state index contributed by atoms with van der Waals surface area (Å²) >= 11 is 13.4. The fraction of sp³-hybridized carbons (Fsp3) is 0.0556. The SMILES string of the molecule is COc1ccc(/C=c2\sc3nc(-c4ccc(Cl)cc4Cl)nn3c2=O)cc1. The first-order chi connectivity index (χ1) is 12.5. The molecule has 0 fully saturated rings. The van der Waals surface area contributed by atoms with Crippen LogP contribution in [0.2, 0.25) is 10.0 Å². The maximum Gasteiger partial charge on any atom is 0.291 e. The predicted octanol–water partition coefficient (Wildman–Crippen LogP) is 3.68. The standard InChI is InChI=1S/C18H11Cl2N3O2S/c1-25-12-5-2-10(3-6-12)8-15-17(24)23-18(26-15)21-16(22-23)13-7-4-11(19)9-14(13)20/h2-9H,1H3/b15-8-. The minimum atomic E-state index is -0.218. The molecule has 26 heavy (non-hydrogen) atoms. The molecule has 0 spiro atoms. The molecule has 0 aliphatic heterocycles. The van der Waals surface area contributed by atoms with Crippen LogP contribution in [0.5, 0.6) is 5.75 Å². The first-order valence-electron chi connectivity index (χ1n) is 7.56. The zero-order valence-corrected chi connectivity index (χ0v) is 15.8. The Bertz CT molecular complexity index is 1220. The zero-order valence-electron chi connectivity index (χ0n) is 13.4. The van der Waals surface area contributed by atoms with Crippen LogP contribution in [0.25, 0.3) is 22.4 Å².